The van der Waals surface area contributed by atoms with Gasteiger partial charge in [0.25, 0.3) is 0 Å². The normalized spacial score (nSPS) is 27.4. The quantitative estimate of drug-likeness (QED) is 0.917. The summed E-state index contributed by atoms with van der Waals surface area (Å²) in [5.74, 6) is 1.76. The van der Waals surface area contributed by atoms with Gasteiger partial charge >= 0.3 is 0 Å². The average Bonchev–Trinajstić information content (AvgIpc) is 3.41. The largest absolute Gasteiger partial charge is 0.486 e. The van der Waals surface area contributed by atoms with Crippen LogP contribution in [0.2, 0.25) is 0 Å². The topological polar surface area (TPSA) is 71.4 Å². The van der Waals surface area contributed by atoms with E-state index >= 15 is 0 Å². The van der Waals surface area contributed by atoms with Gasteiger partial charge in [-0.2, -0.15) is 5.26 Å². The molecule has 2 saturated carbocycles. The summed E-state index contributed by atoms with van der Waals surface area (Å²) in [5, 5.41) is 11.9. The Labute approximate surface area is 122 Å². The average molecular weight is 284 g/mol. The number of rotatable bonds is 3. The third kappa shape index (κ3) is 2.21. The summed E-state index contributed by atoms with van der Waals surface area (Å²) in [6.45, 7) is 1.15. The highest BCUT2D eigenvalue weighted by Gasteiger charge is 2.50. The smallest absolute Gasteiger partial charge is 0.224 e. The molecule has 108 valence electrons. The number of amides is 1. The van der Waals surface area contributed by atoms with Crippen molar-refractivity contribution in [2.45, 2.75) is 30.7 Å². The number of carbonyl (C=O) groups is 1. The first kappa shape index (κ1) is 12.5. The van der Waals surface area contributed by atoms with Crippen molar-refractivity contribution in [3.05, 3.63) is 23.8 Å². The van der Waals surface area contributed by atoms with Gasteiger partial charge in [-0.25, -0.2) is 0 Å². The van der Waals surface area contributed by atoms with Crippen LogP contribution < -0.4 is 14.8 Å². The summed E-state index contributed by atoms with van der Waals surface area (Å²) in [7, 11) is 0. The van der Waals surface area contributed by atoms with Crippen molar-refractivity contribution >= 4 is 5.91 Å². The number of nitrogens with one attached hydrogen (secondary N) is 1. The van der Waals surface area contributed by atoms with Gasteiger partial charge in [0.1, 0.15) is 18.8 Å². The first-order chi connectivity index (χ1) is 10.2. The lowest BCUT2D eigenvalue weighted by atomic mass is 10.1. The van der Waals surface area contributed by atoms with Crippen LogP contribution in [0.4, 0.5) is 0 Å². The van der Waals surface area contributed by atoms with E-state index in [1.807, 2.05) is 18.2 Å². The van der Waals surface area contributed by atoms with Crippen molar-refractivity contribution in [1.82, 2.24) is 5.32 Å². The molecule has 5 nitrogen and oxygen atoms in total. The second-order valence-corrected chi connectivity index (χ2v) is 6.03. The third-order valence-corrected chi connectivity index (χ3v) is 4.45. The summed E-state index contributed by atoms with van der Waals surface area (Å²) in [4.78, 5) is 12.2. The lowest BCUT2D eigenvalue weighted by Gasteiger charge is -2.19. The van der Waals surface area contributed by atoms with Crippen LogP contribution in [0.3, 0.4) is 0 Å². The van der Waals surface area contributed by atoms with Crippen molar-refractivity contribution in [1.29, 1.82) is 5.26 Å². The molecule has 4 rings (SSSR count). The Kier molecular flexibility index (Phi) is 2.61. The number of benzene rings is 1. The maximum absolute atomic E-state index is 12.2. The zero-order chi connectivity index (χ0) is 14.4. The van der Waals surface area contributed by atoms with E-state index in [9.17, 15) is 4.79 Å². The molecule has 0 radical (unpaired) electrons. The molecule has 1 heterocycles. The predicted molar refractivity (Wildman–Crippen MR) is 74.0 cm³/mol. The van der Waals surface area contributed by atoms with Crippen LogP contribution in [0.5, 0.6) is 11.5 Å². The lowest BCUT2D eigenvalue weighted by molar-refractivity contribution is -0.123. The van der Waals surface area contributed by atoms with Gasteiger partial charge in [0, 0.05) is 5.92 Å². The summed E-state index contributed by atoms with van der Waals surface area (Å²) in [5.41, 5.74) is 0.540. The minimum absolute atomic E-state index is 0.00828. The van der Waals surface area contributed by atoms with E-state index in [1.54, 1.807) is 0 Å². The molecule has 5 heteroatoms. The van der Waals surface area contributed by atoms with Crippen LogP contribution in [0.15, 0.2) is 18.2 Å². The molecule has 21 heavy (non-hydrogen) atoms. The fourth-order valence-electron chi connectivity index (χ4n) is 2.86. The zero-order valence-corrected chi connectivity index (χ0v) is 11.6. The number of nitriles is 1. The molecular weight excluding hydrogens is 268 g/mol. The standard InChI is InChI=1S/C16H16N2O3/c17-9-16(3-4-16)18-15(19)12-8-11(12)10-1-2-13-14(7-10)21-6-5-20-13/h1-2,7,11-12H,3-6,8H2,(H,18,19)/t11-,12-/m0/s1. The molecule has 1 aromatic carbocycles. The second-order valence-electron chi connectivity index (χ2n) is 6.03. The third-order valence-electron chi connectivity index (χ3n) is 4.45. The number of ether oxygens (including phenoxy) is 2. The zero-order valence-electron chi connectivity index (χ0n) is 11.6. The molecular formula is C16H16N2O3. The number of nitrogens with zero attached hydrogens (tertiary/aromatic N) is 1. The van der Waals surface area contributed by atoms with Gasteiger partial charge in [-0.05, 0) is 42.9 Å². The lowest BCUT2D eigenvalue weighted by Crippen LogP contribution is -2.36. The van der Waals surface area contributed by atoms with Crippen molar-refractivity contribution in [2.24, 2.45) is 5.92 Å². The summed E-state index contributed by atoms with van der Waals surface area (Å²) >= 11 is 0. The summed E-state index contributed by atoms with van der Waals surface area (Å²) in [6.07, 6.45) is 2.39. The van der Waals surface area contributed by atoms with Crippen LogP contribution in [0.1, 0.15) is 30.7 Å². The Morgan fingerprint density at radius 2 is 2.05 bits per heavy atom. The molecule has 0 unspecified atom stereocenters. The number of hydrogen-bond donors (Lipinski definition) is 1. The van der Waals surface area contributed by atoms with Crippen molar-refractivity contribution in [3.8, 4) is 17.6 Å². The molecule has 2 fully saturated rings. The maximum atomic E-state index is 12.2. The van der Waals surface area contributed by atoms with Crippen LogP contribution in [-0.4, -0.2) is 24.7 Å². The Hall–Kier alpha value is -2.22. The maximum Gasteiger partial charge on any atom is 0.224 e. The van der Waals surface area contributed by atoms with Crippen LogP contribution in [0.25, 0.3) is 0 Å². The summed E-state index contributed by atoms with van der Waals surface area (Å²) in [6, 6.07) is 8.08. The highest BCUT2D eigenvalue weighted by molar-refractivity contribution is 5.84. The van der Waals surface area contributed by atoms with Crippen molar-refractivity contribution in [3.63, 3.8) is 0 Å². The van der Waals surface area contributed by atoms with Gasteiger partial charge in [0.2, 0.25) is 5.91 Å². The molecule has 1 aliphatic heterocycles. The molecule has 2 atom stereocenters. The predicted octanol–water partition coefficient (Wildman–Crippen LogP) is 1.73. The molecule has 3 aliphatic rings. The molecule has 1 amide bonds. The molecule has 1 N–H and O–H groups in total. The molecule has 0 spiro atoms. The fourth-order valence-corrected chi connectivity index (χ4v) is 2.86. The van der Waals surface area contributed by atoms with Gasteiger partial charge in [0.05, 0.1) is 6.07 Å². The number of hydrogen-bond acceptors (Lipinski definition) is 4. The minimum atomic E-state index is -0.572. The van der Waals surface area contributed by atoms with Gasteiger partial charge in [-0.3, -0.25) is 4.79 Å². The van der Waals surface area contributed by atoms with E-state index in [1.165, 1.54) is 0 Å². The Balaban J connectivity index is 1.45. The van der Waals surface area contributed by atoms with E-state index in [4.69, 9.17) is 14.7 Å². The number of carbonyl (C=O) groups excluding carboxylic acids is 1. The second kappa shape index (κ2) is 4.39. The summed E-state index contributed by atoms with van der Waals surface area (Å²) < 4.78 is 11.1. The van der Waals surface area contributed by atoms with Crippen LogP contribution in [-0.2, 0) is 4.79 Å². The van der Waals surface area contributed by atoms with Gasteiger partial charge < -0.3 is 14.8 Å². The highest BCUT2D eigenvalue weighted by atomic mass is 16.6. The van der Waals surface area contributed by atoms with Crippen molar-refractivity contribution < 1.29 is 14.3 Å². The van der Waals surface area contributed by atoms with Crippen LogP contribution in [0, 0.1) is 17.2 Å². The molecule has 2 aliphatic carbocycles. The van der Waals surface area contributed by atoms with E-state index in [0.717, 1.165) is 36.3 Å². The molecule has 0 bridgehead atoms. The number of fused-ring (bicyclic) bond motifs is 1. The SMILES string of the molecule is N#CC1(NC(=O)[C@H]2C[C@H]2c2ccc3c(c2)OCCO3)CC1. The monoisotopic (exact) mass is 284 g/mol. The first-order valence-corrected chi connectivity index (χ1v) is 7.34. The van der Waals surface area contributed by atoms with E-state index in [0.29, 0.717) is 13.2 Å². The van der Waals surface area contributed by atoms with Gasteiger partial charge in [-0.15, -0.1) is 0 Å². The molecule has 0 aromatic heterocycles. The fraction of sp³-hybridized carbons (Fsp3) is 0.500. The Morgan fingerprint density at radius 1 is 1.29 bits per heavy atom. The van der Waals surface area contributed by atoms with Gasteiger partial charge in [0.15, 0.2) is 11.5 Å². The Morgan fingerprint density at radius 3 is 2.76 bits per heavy atom. The first-order valence-electron chi connectivity index (χ1n) is 7.34. The molecule has 0 saturated heterocycles. The van der Waals surface area contributed by atoms with E-state index in [2.05, 4.69) is 11.4 Å². The highest BCUT2D eigenvalue weighted by Crippen LogP contribution is 2.50. The Bertz CT molecular complexity index is 645. The van der Waals surface area contributed by atoms with Crippen LogP contribution >= 0.6 is 0 Å². The minimum Gasteiger partial charge on any atom is -0.486 e. The molecule has 1 aromatic rings. The van der Waals surface area contributed by atoms with Crippen molar-refractivity contribution in [2.75, 3.05) is 13.2 Å². The van der Waals surface area contributed by atoms with E-state index in [-0.39, 0.29) is 17.7 Å². The van der Waals surface area contributed by atoms with Gasteiger partial charge in [-0.1, -0.05) is 6.07 Å². The van der Waals surface area contributed by atoms with E-state index < -0.39 is 5.54 Å².